The molecular formula is C37H39Cl3FN3O3. The van der Waals surface area contributed by atoms with Crippen molar-refractivity contribution < 1.29 is 18.7 Å². The molecule has 3 aromatic carbocycles. The molecule has 1 amide bonds. The number of hydrogen-bond donors (Lipinski definition) is 1. The molecule has 0 unspecified atom stereocenters. The lowest BCUT2D eigenvalue weighted by molar-refractivity contribution is 0.0807. The number of ether oxygens (including phenoxy) is 1. The first-order chi connectivity index (χ1) is 22.6. The van der Waals surface area contributed by atoms with Gasteiger partial charge in [0.2, 0.25) is 0 Å². The molecule has 3 atom stereocenters. The molecule has 1 aromatic heterocycles. The van der Waals surface area contributed by atoms with Gasteiger partial charge in [-0.05, 0) is 93.8 Å². The van der Waals surface area contributed by atoms with Crippen LogP contribution in [0, 0.1) is 11.7 Å². The van der Waals surface area contributed by atoms with Gasteiger partial charge in [0.1, 0.15) is 11.6 Å². The molecule has 4 aromatic rings. The van der Waals surface area contributed by atoms with Crippen molar-refractivity contribution in [2.45, 2.75) is 83.6 Å². The number of rotatable bonds is 12. The zero-order chi connectivity index (χ0) is 33.2. The van der Waals surface area contributed by atoms with Gasteiger partial charge in [-0.3, -0.25) is 14.5 Å². The Morgan fingerprint density at radius 2 is 1.72 bits per heavy atom. The Hall–Kier alpha value is -3.10. The van der Waals surface area contributed by atoms with Crippen LogP contribution in [0.1, 0.15) is 78.7 Å². The number of fused-ring (bicyclic) bond motifs is 3. The molecule has 0 aliphatic carbocycles. The van der Waals surface area contributed by atoms with E-state index in [1.165, 1.54) is 18.2 Å². The van der Waals surface area contributed by atoms with Crippen LogP contribution in [0.3, 0.4) is 0 Å². The molecule has 2 aliphatic heterocycles. The van der Waals surface area contributed by atoms with Gasteiger partial charge in [0.05, 0.1) is 32.3 Å². The first-order valence-corrected chi connectivity index (χ1v) is 17.5. The number of carbonyl (C=O) groups is 2. The summed E-state index contributed by atoms with van der Waals surface area (Å²) in [6.07, 6.45) is 7.55. The molecule has 2 aliphatic rings. The summed E-state index contributed by atoms with van der Waals surface area (Å²) < 4.78 is 22.0. The minimum Gasteiger partial charge on any atom is -0.489 e. The fourth-order valence-electron chi connectivity index (χ4n) is 7.35. The minimum atomic E-state index is -0.509. The number of halogens is 4. The van der Waals surface area contributed by atoms with Crippen molar-refractivity contribution in [1.82, 2.24) is 14.8 Å². The largest absolute Gasteiger partial charge is 0.489 e. The van der Waals surface area contributed by atoms with Crippen LogP contribution >= 0.6 is 34.8 Å². The van der Waals surface area contributed by atoms with E-state index in [0.717, 1.165) is 67.4 Å². The first-order valence-electron chi connectivity index (χ1n) is 16.3. The number of piperidine rings is 1. The maximum absolute atomic E-state index is 13.6. The van der Waals surface area contributed by atoms with Crippen LogP contribution in [-0.4, -0.2) is 45.9 Å². The average Bonchev–Trinajstić information content (AvgIpc) is 3.52. The van der Waals surface area contributed by atoms with Gasteiger partial charge in [-0.25, -0.2) is 4.39 Å². The fourth-order valence-corrected chi connectivity index (χ4v) is 7.85. The normalized spacial score (nSPS) is 19.4. The Kier molecular flexibility index (Phi) is 10.5. The van der Waals surface area contributed by atoms with Gasteiger partial charge >= 0.3 is 0 Å². The van der Waals surface area contributed by atoms with Gasteiger partial charge in [0.15, 0.2) is 5.78 Å². The lowest BCUT2D eigenvalue weighted by atomic mass is 9.85. The average molecular weight is 699 g/mol. The molecule has 2 saturated heterocycles. The van der Waals surface area contributed by atoms with Gasteiger partial charge in [-0.2, -0.15) is 0 Å². The van der Waals surface area contributed by atoms with Crippen molar-refractivity contribution in [1.29, 1.82) is 0 Å². The van der Waals surface area contributed by atoms with Crippen LogP contribution in [0.5, 0.6) is 5.75 Å². The van der Waals surface area contributed by atoms with E-state index in [1.54, 1.807) is 12.1 Å². The number of amides is 1. The number of aromatic nitrogens is 1. The third kappa shape index (κ3) is 7.64. The third-order valence-corrected chi connectivity index (χ3v) is 10.4. The zero-order valence-electron chi connectivity index (χ0n) is 26.6. The second-order valence-electron chi connectivity index (χ2n) is 13.1. The van der Waals surface area contributed by atoms with E-state index in [-0.39, 0.29) is 22.8 Å². The van der Waals surface area contributed by atoms with E-state index >= 15 is 0 Å². The van der Waals surface area contributed by atoms with Gasteiger partial charge in [0.25, 0.3) is 5.91 Å². The fraction of sp³-hybridized carbons (Fsp3) is 0.405. The van der Waals surface area contributed by atoms with Crippen LogP contribution < -0.4 is 10.1 Å². The van der Waals surface area contributed by atoms with Crippen LogP contribution in [0.4, 0.5) is 4.39 Å². The highest BCUT2D eigenvalue weighted by atomic mass is 35.5. The van der Waals surface area contributed by atoms with Crippen molar-refractivity contribution in [3.05, 3.63) is 98.4 Å². The van der Waals surface area contributed by atoms with E-state index in [2.05, 4.69) is 14.8 Å². The van der Waals surface area contributed by atoms with Crippen LogP contribution in [-0.2, 0) is 13.1 Å². The summed E-state index contributed by atoms with van der Waals surface area (Å²) >= 11 is 18.2. The maximum atomic E-state index is 13.6. The monoisotopic (exact) mass is 697 g/mol. The van der Waals surface area contributed by atoms with Crippen molar-refractivity contribution in [3.8, 4) is 5.75 Å². The zero-order valence-corrected chi connectivity index (χ0v) is 28.8. The lowest BCUT2D eigenvalue weighted by Gasteiger charge is -2.39. The first kappa shape index (κ1) is 33.8. The number of benzene rings is 3. The smallest absolute Gasteiger partial charge is 0.253 e. The molecule has 3 heterocycles. The Morgan fingerprint density at radius 1 is 0.957 bits per heavy atom. The SMILES string of the molecule is CC(C)Oc1cccc2c(C(=O)NCc3ccc(Cl)c(Cl)c3)cn(CCCN3[C@@H]4CC[C@H]3C[C@H](CC(=O)c3ccc(F)c(Cl)c3)C4)c12. The third-order valence-electron chi connectivity index (χ3n) is 9.42. The summed E-state index contributed by atoms with van der Waals surface area (Å²) in [6, 6.07) is 16.3. The summed E-state index contributed by atoms with van der Waals surface area (Å²) in [4.78, 5) is 29.1. The summed E-state index contributed by atoms with van der Waals surface area (Å²) in [6.45, 7) is 6.00. The number of hydrogen-bond acceptors (Lipinski definition) is 4. The van der Waals surface area contributed by atoms with Crippen LogP contribution in [0.2, 0.25) is 15.1 Å². The van der Waals surface area contributed by atoms with Crippen molar-refractivity contribution in [2.24, 2.45) is 5.92 Å². The van der Waals surface area contributed by atoms with Crippen molar-refractivity contribution >= 4 is 57.4 Å². The van der Waals surface area contributed by atoms with E-state index in [1.807, 2.05) is 44.3 Å². The van der Waals surface area contributed by atoms with Gasteiger partial charge in [-0.15, -0.1) is 0 Å². The standard InChI is InChI=1S/C37H39Cl3FN3O3/c1-22(2)47-35-6-3-5-28-29(37(46)42-20-23-7-11-30(38)31(39)17-23)21-43(36(28)35)13-4-14-44-26-9-10-27(44)16-24(15-26)18-34(45)25-8-12-33(41)32(40)19-25/h3,5-8,11-12,17,19,21-22,24,26-27H,4,9-10,13-16,18,20H2,1-2H3,(H,42,46)/t24-,26-,27+. The maximum Gasteiger partial charge on any atom is 0.253 e. The molecule has 6 nitrogen and oxygen atoms in total. The highest BCUT2D eigenvalue weighted by molar-refractivity contribution is 6.42. The van der Waals surface area contributed by atoms with Crippen LogP contribution in [0.15, 0.2) is 60.8 Å². The number of ketones is 1. The second kappa shape index (κ2) is 14.6. The van der Waals surface area contributed by atoms with Crippen molar-refractivity contribution in [2.75, 3.05) is 6.54 Å². The predicted octanol–water partition coefficient (Wildman–Crippen LogP) is 9.36. The molecule has 10 heteroatoms. The van der Waals surface area contributed by atoms with E-state index < -0.39 is 5.82 Å². The van der Waals surface area contributed by atoms with Crippen molar-refractivity contribution in [3.63, 3.8) is 0 Å². The Morgan fingerprint density at radius 3 is 2.43 bits per heavy atom. The van der Waals surface area contributed by atoms with Crippen LogP contribution in [0.25, 0.3) is 10.9 Å². The lowest BCUT2D eigenvalue weighted by Crippen LogP contribution is -2.43. The quantitative estimate of drug-likeness (QED) is 0.150. The summed E-state index contributed by atoms with van der Waals surface area (Å²) in [7, 11) is 0. The van der Waals surface area contributed by atoms with Gasteiger partial charge in [0, 0.05) is 55.3 Å². The Balaban J connectivity index is 1.12. The number of nitrogens with one attached hydrogen (secondary N) is 1. The molecule has 6 rings (SSSR count). The Bertz CT molecular complexity index is 1780. The topological polar surface area (TPSA) is 63.6 Å². The highest BCUT2D eigenvalue weighted by Gasteiger charge is 2.40. The molecule has 0 saturated carbocycles. The molecule has 0 spiro atoms. The highest BCUT2D eigenvalue weighted by Crippen LogP contribution is 2.41. The number of nitrogens with zero attached hydrogens (tertiary/aromatic N) is 2. The molecule has 0 radical (unpaired) electrons. The minimum absolute atomic E-state index is 0.0138. The molecular weight excluding hydrogens is 660 g/mol. The van der Waals surface area contributed by atoms with Gasteiger partial charge in [-0.1, -0.05) is 53.0 Å². The molecule has 2 bridgehead atoms. The Labute approximate surface area is 290 Å². The molecule has 1 N–H and O–H groups in total. The second-order valence-corrected chi connectivity index (χ2v) is 14.3. The molecule has 2 fully saturated rings. The summed E-state index contributed by atoms with van der Waals surface area (Å²) in [5.41, 5.74) is 2.86. The van der Waals surface area contributed by atoms with E-state index in [9.17, 15) is 14.0 Å². The van der Waals surface area contributed by atoms with Gasteiger partial charge < -0.3 is 14.6 Å². The number of para-hydroxylation sites is 1. The molecule has 47 heavy (non-hydrogen) atoms. The predicted molar refractivity (Wildman–Crippen MR) is 187 cm³/mol. The summed E-state index contributed by atoms with van der Waals surface area (Å²) in [5.74, 6) is 0.424. The van der Waals surface area contributed by atoms with E-state index in [4.69, 9.17) is 39.5 Å². The number of aryl methyl sites for hydroxylation is 1. The summed E-state index contributed by atoms with van der Waals surface area (Å²) in [5, 5.41) is 4.80. The number of Topliss-reactive ketones (excluding diaryl/α,β-unsaturated/α-hetero) is 1. The number of carbonyl (C=O) groups excluding carboxylic acids is 2. The molecule has 248 valence electrons. The van der Waals surface area contributed by atoms with E-state index in [0.29, 0.717) is 52.1 Å².